The van der Waals surface area contributed by atoms with Gasteiger partial charge in [0.2, 0.25) is 5.91 Å². The quantitative estimate of drug-likeness (QED) is 0.248. The summed E-state index contributed by atoms with van der Waals surface area (Å²) in [5.41, 5.74) is 3.21. The van der Waals surface area contributed by atoms with E-state index >= 15 is 0 Å². The molecule has 4 N–H and O–H groups in total. The van der Waals surface area contributed by atoms with E-state index < -0.39 is 18.2 Å². The van der Waals surface area contributed by atoms with Crippen LogP contribution in [0.1, 0.15) is 11.1 Å². The van der Waals surface area contributed by atoms with Gasteiger partial charge in [-0.15, -0.1) is 0 Å². The molecule has 40 heavy (non-hydrogen) atoms. The molecule has 0 aromatic heterocycles. The number of para-hydroxylation sites is 1. The van der Waals surface area contributed by atoms with E-state index in [9.17, 15) is 14.7 Å². The zero-order valence-electron chi connectivity index (χ0n) is 23.1. The number of rotatable bonds is 14. The third-order valence-corrected chi connectivity index (χ3v) is 6.88. The number of anilines is 1. The Kier molecular flexibility index (Phi) is 10.4. The van der Waals surface area contributed by atoms with Crippen LogP contribution < -0.4 is 25.6 Å². The summed E-state index contributed by atoms with van der Waals surface area (Å²) in [6, 6.07) is 25.8. The number of aliphatic hydroxyl groups is 1. The molecule has 1 aliphatic heterocycles. The van der Waals surface area contributed by atoms with E-state index in [1.807, 2.05) is 97.9 Å². The molecular weight excluding hydrogens is 506 g/mol. The van der Waals surface area contributed by atoms with Crippen LogP contribution in [0.4, 0.5) is 10.5 Å². The van der Waals surface area contributed by atoms with Gasteiger partial charge < -0.3 is 35.6 Å². The molecule has 3 aromatic carbocycles. The number of nitrogens with one attached hydrogen (secondary N) is 3. The SMILES string of the molecule is CN(C)c1cccc(CNC[C@@H](O)[C@H](Cc2ccccc2)NC(=O)[C@@H]2CN(CCOc3ccccc3)C(=O)N2)c1. The number of amides is 3. The first-order valence-corrected chi connectivity index (χ1v) is 13.6. The van der Waals surface area contributed by atoms with Crippen LogP contribution in [0.2, 0.25) is 0 Å². The van der Waals surface area contributed by atoms with Gasteiger partial charge in [0.15, 0.2) is 0 Å². The van der Waals surface area contributed by atoms with E-state index in [0.717, 1.165) is 22.6 Å². The Bertz CT molecular complexity index is 1220. The Morgan fingerprint density at radius 3 is 2.48 bits per heavy atom. The lowest BCUT2D eigenvalue weighted by atomic mass is 10.0. The van der Waals surface area contributed by atoms with E-state index in [1.54, 1.807) is 4.90 Å². The van der Waals surface area contributed by atoms with E-state index in [1.165, 1.54) is 0 Å². The Labute approximate surface area is 236 Å². The minimum absolute atomic E-state index is 0.234. The third kappa shape index (κ3) is 8.46. The molecule has 212 valence electrons. The van der Waals surface area contributed by atoms with Gasteiger partial charge in [-0.05, 0) is 41.8 Å². The van der Waals surface area contributed by atoms with Crippen molar-refractivity contribution >= 4 is 17.6 Å². The number of hydrogen-bond acceptors (Lipinski definition) is 6. The highest BCUT2D eigenvalue weighted by atomic mass is 16.5. The topological polar surface area (TPSA) is 106 Å². The fourth-order valence-corrected chi connectivity index (χ4v) is 4.61. The summed E-state index contributed by atoms with van der Waals surface area (Å²) in [6.45, 7) is 1.80. The summed E-state index contributed by atoms with van der Waals surface area (Å²) in [5.74, 6) is 0.409. The van der Waals surface area contributed by atoms with Crippen molar-refractivity contribution in [3.63, 3.8) is 0 Å². The standard InChI is InChI=1S/C31H39N5O4/c1-35(2)25-13-9-12-24(18-25)20-32-21-29(37)27(19-23-10-5-3-6-11-23)33-30(38)28-22-36(31(39)34-28)16-17-40-26-14-7-4-8-15-26/h3-15,18,27-29,32,37H,16-17,19-22H2,1-2H3,(H,33,38)(H,34,39)/t27-,28-,29+/m0/s1. The molecule has 1 fully saturated rings. The summed E-state index contributed by atoms with van der Waals surface area (Å²) in [6.07, 6.45) is -0.380. The lowest BCUT2D eigenvalue weighted by Gasteiger charge is -2.26. The molecule has 0 bridgehead atoms. The number of benzene rings is 3. The second-order valence-electron chi connectivity index (χ2n) is 10.2. The highest BCUT2D eigenvalue weighted by molar-refractivity contribution is 5.90. The average Bonchev–Trinajstić information content (AvgIpc) is 3.34. The largest absolute Gasteiger partial charge is 0.492 e. The van der Waals surface area contributed by atoms with Crippen LogP contribution in [0, 0.1) is 0 Å². The van der Waals surface area contributed by atoms with Crippen LogP contribution in [0.5, 0.6) is 5.75 Å². The molecule has 3 atom stereocenters. The lowest BCUT2D eigenvalue weighted by Crippen LogP contribution is -2.53. The van der Waals surface area contributed by atoms with Gasteiger partial charge in [-0.3, -0.25) is 4.79 Å². The molecule has 4 rings (SSSR count). The predicted molar refractivity (Wildman–Crippen MR) is 156 cm³/mol. The van der Waals surface area contributed by atoms with Gasteiger partial charge in [-0.1, -0.05) is 60.7 Å². The zero-order chi connectivity index (χ0) is 28.3. The summed E-state index contributed by atoms with van der Waals surface area (Å²) in [7, 11) is 4.00. The highest BCUT2D eigenvalue weighted by Crippen LogP contribution is 2.14. The molecule has 1 heterocycles. The van der Waals surface area contributed by atoms with Crippen LogP contribution in [0.3, 0.4) is 0 Å². The minimum Gasteiger partial charge on any atom is -0.492 e. The van der Waals surface area contributed by atoms with Crippen LogP contribution in [-0.2, 0) is 17.8 Å². The van der Waals surface area contributed by atoms with E-state index in [4.69, 9.17) is 4.74 Å². The number of ether oxygens (including phenoxy) is 1. The van der Waals surface area contributed by atoms with Crippen molar-refractivity contribution in [3.05, 3.63) is 96.1 Å². The monoisotopic (exact) mass is 545 g/mol. The minimum atomic E-state index is -0.839. The van der Waals surface area contributed by atoms with Crippen LogP contribution in [0.25, 0.3) is 0 Å². The molecule has 1 saturated heterocycles. The Balaban J connectivity index is 1.31. The van der Waals surface area contributed by atoms with Gasteiger partial charge in [0.1, 0.15) is 18.4 Å². The number of carbonyl (C=O) groups excluding carboxylic acids is 2. The molecule has 0 spiro atoms. The second kappa shape index (κ2) is 14.3. The van der Waals surface area contributed by atoms with E-state index in [2.05, 4.69) is 22.0 Å². The van der Waals surface area contributed by atoms with Crippen molar-refractivity contribution in [2.24, 2.45) is 0 Å². The first-order valence-electron chi connectivity index (χ1n) is 13.6. The van der Waals surface area contributed by atoms with Gasteiger partial charge in [0, 0.05) is 32.9 Å². The van der Waals surface area contributed by atoms with Gasteiger partial charge in [0.05, 0.1) is 25.2 Å². The van der Waals surface area contributed by atoms with E-state index in [-0.39, 0.29) is 18.5 Å². The Morgan fingerprint density at radius 2 is 1.75 bits per heavy atom. The molecule has 3 aromatic rings. The van der Waals surface area contributed by atoms with Crippen molar-refractivity contribution < 1.29 is 19.4 Å². The number of hydrogen-bond donors (Lipinski definition) is 4. The lowest BCUT2D eigenvalue weighted by molar-refractivity contribution is -0.124. The molecule has 0 unspecified atom stereocenters. The summed E-state index contributed by atoms with van der Waals surface area (Å²) >= 11 is 0. The molecule has 0 saturated carbocycles. The van der Waals surface area contributed by atoms with Crippen LogP contribution >= 0.6 is 0 Å². The number of carbonyl (C=O) groups is 2. The summed E-state index contributed by atoms with van der Waals surface area (Å²) in [5, 5.41) is 20.2. The zero-order valence-corrected chi connectivity index (χ0v) is 23.1. The maximum Gasteiger partial charge on any atom is 0.318 e. The van der Waals surface area contributed by atoms with Crippen molar-refractivity contribution in [3.8, 4) is 5.75 Å². The normalized spacial score (nSPS) is 16.2. The highest BCUT2D eigenvalue weighted by Gasteiger charge is 2.35. The molecule has 1 aliphatic rings. The molecule has 0 aliphatic carbocycles. The van der Waals surface area contributed by atoms with Gasteiger partial charge in [-0.25, -0.2) is 4.79 Å². The van der Waals surface area contributed by atoms with Gasteiger partial charge in [0.25, 0.3) is 0 Å². The fraction of sp³-hybridized carbons (Fsp3) is 0.355. The smallest absolute Gasteiger partial charge is 0.318 e. The van der Waals surface area contributed by atoms with E-state index in [0.29, 0.717) is 32.7 Å². The van der Waals surface area contributed by atoms with Gasteiger partial charge in [-0.2, -0.15) is 0 Å². The van der Waals surface area contributed by atoms with Crippen LogP contribution in [0.15, 0.2) is 84.9 Å². The molecule has 9 heteroatoms. The molecule has 9 nitrogen and oxygen atoms in total. The Morgan fingerprint density at radius 1 is 1.05 bits per heavy atom. The predicted octanol–water partition coefficient (Wildman–Crippen LogP) is 2.40. The second-order valence-corrected chi connectivity index (χ2v) is 10.2. The van der Waals surface area contributed by atoms with Crippen molar-refractivity contribution in [1.82, 2.24) is 20.9 Å². The fourth-order valence-electron chi connectivity index (χ4n) is 4.61. The number of aliphatic hydroxyl groups excluding tert-OH is 1. The maximum atomic E-state index is 13.2. The number of urea groups is 1. The Hall–Kier alpha value is -4.08. The van der Waals surface area contributed by atoms with Crippen LogP contribution in [-0.4, -0.2) is 80.5 Å². The molecular formula is C31H39N5O4. The molecule has 3 amide bonds. The first kappa shape index (κ1) is 28.9. The number of nitrogens with zero attached hydrogens (tertiary/aromatic N) is 2. The first-order chi connectivity index (χ1) is 19.4. The van der Waals surface area contributed by atoms with Crippen molar-refractivity contribution in [2.45, 2.75) is 31.2 Å². The third-order valence-electron chi connectivity index (χ3n) is 6.88. The molecule has 0 radical (unpaired) electrons. The summed E-state index contributed by atoms with van der Waals surface area (Å²) < 4.78 is 5.70. The average molecular weight is 546 g/mol. The van der Waals surface area contributed by atoms with Gasteiger partial charge >= 0.3 is 6.03 Å². The van der Waals surface area contributed by atoms with Crippen molar-refractivity contribution in [1.29, 1.82) is 0 Å². The van der Waals surface area contributed by atoms with Crippen molar-refractivity contribution in [2.75, 3.05) is 45.2 Å². The summed E-state index contributed by atoms with van der Waals surface area (Å²) in [4.78, 5) is 29.3. The maximum absolute atomic E-state index is 13.2.